The van der Waals surface area contributed by atoms with Gasteiger partial charge in [-0.05, 0) is 47.0 Å². The van der Waals surface area contributed by atoms with E-state index >= 15 is 0 Å². The van der Waals surface area contributed by atoms with Gasteiger partial charge in [0.2, 0.25) is 0 Å². The number of hydrogen-bond donors (Lipinski definition) is 0. The van der Waals surface area contributed by atoms with Crippen molar-refractivity contribution in [2.24, 2.45) is 0 Å². The molecule has 0 aromatic heterocycles. The highest BCUT2D eigenvalue weighted by Gasteiger charge is 2.14. The van der Waals surface area contributed by atoms with Gasteiger partial charge in [-0.15, -0.1) is 0 Å². The van der Waals surface area contributed by atoms with Crippen molar-refractivity contribution in [1.29, 1.82) is 0 Å². The Bertz CT molecular complexity index is 885. The van der Waals surface area contributed by atoms with Gasteiger partial charge in [-0.3, -0.25) is 4.79 Å². The highest BCUT2D eigenvalue weighted by Crippen LogP contribution is 2.30. The topological polar surface area (TPSA) is 26.3 Å². The van der Waals surface area contributed by atoms with Gasteiger partial charge in [0.1, 0.15) is 12.4 Å². The third kappa shape index (κ3) is 3.71. The molecule has 0 unspecified atom stereocenters. The fourth-order valence-corrected chi connectivity index (χ4v) is 2.43. The van der Waals surface area contributed by atoms with Gasteiger partial charge in [-0.1, -0.05) is 30.3 Å². The zero-order chi connectivity index (χ0) is 17.8. The van der Waals surface area contributed by atoms with Gasteiger partial charge in [0.05, 0.1) is 0 Å². The first kappa shape index (κ1) is 16.8. The fourth-order valence-electron chi connectivity index (χ4n) is 2.43. The van der Waals surface area contributed by atoms with Crippen molar-refractivity contribution in [3.05, 3.63) is 89.2 Å². The van der Waals surface area contributed by atoms with E-state index in [1.807, 2.05) is 30.3 Å². The summed E-state index contributed by atoms with van der Waals surface area (Å²) in [5, 5.41) is 0. The monoisotopic (exact) mass is 342 g/mol. The van der Waals surface area contributed by atoms with Crippen LogP contribution in [0.1, 0.15) is 15.9 Å². The van der Waals surface area contributed by atoms with Crippen LogP contribution in [0.4, 0.5) is 13.2 Å². The molecule has 0 saturated heterocycles. The minimum absolute atomic E-state index is 0.0589. The van der Waals surface area contributed by atoms with Crippen LogP contribution in [0.5, 0.6) is 5.75 Å². The molecule has 0 atom stereocenters. The lowest BCUT2D eigenvalue weighted by Crippen LogP contribution is -1.98. The molecule has 0 spiro atoms. The Morgan fingerprint density at radius 1 is 0.880 bits per heavy atom. The highest BCUT2D eigenvalue weighted by atomic mass is 19.2. The van der Waals surface area contributed by atoms with Gasteiger partial charge >= 0.3 is 0 Å². The Kier molecular flexibility index (Phi) is 4.84. The Balaban J connectivity index is 1.94. The number of carbonyl (C=O) groups is 1. The van der Waals surface area contributed by atoms with Crippen LogP contribution < -0.4 is 4.74 Å². The SMILES string of the molecule is O=Cc1ccc(OCc2ccccc2)cc1-c1cc(F)c(F)c(F)c1. The first-order valence-electron chi connectivity index (χ1n) is 7.49. The average molecular weight is 342 g/mol. The summed E-state index contributed by atoms with van der Waals surface area (Å²) in [5.74, 6) is -3.76. The summed E-state index contributed by atoms with van der Waals surface area (Å²) in [6.07, 6.45) is 0.565. The van der Waals surface area contributed by atoms with E-state index < -0.39 is 17.5 Å². The number of hydrogen-bond acceptors (Lipinski definition) is 2. The molecule has 0 amide bonds. The van der Waals surface area contributed by atoms with Crippen molar-refractivity contribution < 1.29 is 22.7 Å². The second kappa shape index (κ2) is 7.21. The third-order valence-corrected chi connectivity index (χ3v) is 3.69. The second-order valence-corrected chi connectivity index (χ2v) is 5.40. The molecule has 0 N–H and O–H groups in total. The average Bonchev–Trinajstić information content (AvgIpc) is 2.64. The lowest BCUT2D eigenvalue weighted by atomic mass is 9.99. The molecule has 25 heavy (non-hydrogen) atoms. The van der Waals surface area contributed by atoms with Crippen LogP contribution in [-0.4, -0.2) is 6.29 Å². The summed E-state index contributed by atoms with van der Waals surface area (Å²) in [5.41, 5.74) is 1.49. The number of carbonyl (C=O) groups excluding carboxylic acids is 1. The fraction of sp³-hybridized carbons (Fsp3) is 0.0500. The van der Waals surface area contributed by atoms with Crippen molar-refractivity contribution in [3.63, 3.8) is 0 Å². The molecule has 0 fully saturated rings. The van der Waals surface area contributed by atoms with E-state index in [-0.39, 0.29) is 16.7 Å². The van der Waals surface area contributed by atoms with Gasteiger partial charge < -0.3 is 4.74 Å². The van der Waals surface area contributed by atoms with Crippen LogP contribution in [0.2, 0.25) is 0 Å². The lowest BCUT2D eigenvalue weighted by Gasteiger charge is -2.11. The first-order chi connectivity index (χ1) is 12.1. The van der Waals surface area contributed by atoms with Crippen LogP contribution in [0.3, 0.4) is 0 Å². The Labute approximate surface area is 142 Å². The number of ether oxygens (including phenoxy) is 1. The van der Waals surface area contributed by atoms with Gasteiger partial charge in [0.25, 0.3) is 0 Å². The molecule has 3 aromatic carbocycles. The molecule has 0 aliphatic rings. The summed E-state index contributed by atoms with van der Waals surface area (Å²) in [4.78, 5) is 11.2. The van der Waals surface area contributed by atoms with E-state index in [0.29, 0.717) is 18.6 Å². The molecule has 3 rings (SSSR count). The van der Waals surface area contributed by atoms with E-state index in [2.05, 4.69) is 0 Å². The number of rotatable bonds is 5. The predicted molar refractivity (Wildman–Crippen MR) is 87.9 cm³/mol. The molecule has 0 radical (unpaired) electrons. The highest BCUT2D eigenvalue weighted by molar-refractivity contribution is 5.88. The normalized spacial score (nSPS) is 10.5. The van der Waals surface area contributed by atoms with Gasteiger partial charge in [-0.2, -0.15) is 0 Å². The molecule has 3 aromatic rings. The van der Waals surface area contributed by atoms with E-state index in [1.54, 1.807) is 6.07 Å². The van der Waals surface area contributed by atoms with Gasteiger partial charge in [-0.25, -0.2) is 13.2 Å². The lowest BCUT2D eigenvalue weighted by molar-refractivity contribution is 0.112. The quantitative estimate of drug-likeness (QED) is 0.473. The van der Waals surface area contributed by atoms with Crippen molar-refractivity contribution in [2.45, 2.75) is 6.61 Å². The number of aldehydes is 1. The minimum atomic E-state index is -1.55. The van der Waals surface area contributed by atoms with E-state index in [9.17, 15) is 18.0 Å². The minimum Gasteiger partial charge on any atom is -0.489 e. The zero-order valence-corrected chi connectivity index (χ0v) is 13.0. The Morgan fingerprint density at radius 2 is 1.56 bits per heavy atom. The van der Waals surface area contributed by atoms with Crippen LogP contribution in [0, 0.1) is 17.5 Å². The zero-order valence-electron chi connectivity index (χ0n) is 13.0. The molecule has 126 valence electrons. The summed E-state index contributed by atoms with van der Waals surface area (Å²) in [6, 6.07) is 15.7. The maximum absolute atomic E-state index is 13.5. The molecule has 5 heteroatoms. The van der Waals surface area contributed by atoms with Crippen molar-refractivity contribution in [3.8, 4) is 16.9 Å². The molecule has 0 saturated carbocycles. The summed E-state index contributed by atoms with van der Waals surface area (Å²) >= 11 is 0. The summed E-state index contributed by atoms with van der Waals surface area (Å²) < 4.78 is 45.8. The summed E-state index contributed by atoms with van der Waals surface area (Å²) in [6.45, 7) is 0.298. The molecular formula is C20H13F3O2. The Morgan fingerprint density at radius 3 is 2.20 bits per heavy atom. The van der Waals surface area contributed by atoms with Gasteiger partial charge in [0, 0.05) is 5.56 Å². The smallest absolute Gasteiger partial charge is 0.194 e. The number of halogens is 3. The Hall–Kier alpha value is -3.08. The second-order valence-electron chi connectivity index (χ2n) is 5.40. The van der Waals surface area contributed by atoms with Crippen molar-refractivity contribution in [1.82, 2.24) is 0 Å². The van der Waals surface area contributed by atoms with Crippen molar-refractivity contribution in [2.75, 3.05) is 0 Å². The van der Waals surface area contributed by atoms with Gasteiger partial charge in [0.15, 0.2) is 23.7 Å². The third-order valence-electron chi connectivity index (χ3n) is 3.69. The van der Waals surface area contributed by atoms with Crippen molar-refractivity contribution >= 4 is 6.29 Å². The molecular weight excluding hydrogens is 329 g/mol. The standard InChI is InChI=1S/C20H13F3O2/c21-18-8-15(9-19(22)20(18)23)17-10-16(7-6-14(17)11-24)25-12-13-4-2-1-3-5-13/h1-11H,12H2. The molecule has 0 heterocycles. The predicted octanol–water partition coefficient (Wildman–Crippen LogP) is 5.16. The van der Waals surface area contributed by atoms with Crippen LogP contribution in [-0.2, 0) is 6.61 Å². The molecule has 2 nitrogen and oxygen atoms in total. The maximum Gasteiger partial charge on any atom is 0.194 e. The largest absolute Gasteiger partial charge is 0.489 e. The van der Waals surface area contributed by atoms with Crippen LogP contribution >= 0.6 is 0 Å². The van der Waals surface area contributed by atoms with Crippen LogP contribution in [0.15, 0.2) is 60.7 Å². The molecule has 0 aliphatic heterocycles. The molecule has 0 bridgehead atoms. The summed E-state index contributed by atoms with van der Waals surface area (Å²) in [7, 11) is 0. The maximum atomic E-state index is 13.5. The molecule has 0 aliphatic carbocycles. The first-order valence-corrected chi connectivity index (χ1v) is 7.49. The van der Waals surface area contributed by atoms with E-state index in [4.69, 9.17) is 4.74 Å². The van der Waals surface area contributed by atoms with E-state index in [0.717, 1.165) is 17.7 Å². The van der Waals surface area contributed by atoms with E-state index in [1.165, 1.54) is 12.1 Å². The number of benzene rings is 3. The van der Waals surface area contributed by atoms with Crippen LogP contribution in [0.25, 0.3) is 11.1 Å².